The van der Waals surface area contributed by atoms with Crippen LogP contribution in [0.25, 0.3) is 5.69 Å². The molecule has 1 N–H and O–H groups in total. The number of hydrogen-bond donors (Lipinski definition) is 1. The number of carbonyl (C=O) groups excluding carboxylic acids is 2. The van der Waals surface area contributed by atoms with Crippen molar-refractivity contribution in [2.24, 2.45) is 0 Å². The van der Waals surface area contributed by atoms with Crippen molar-refractivity contribution in [1.82, 2.24) is 15.1 Å². The van der Waals surface area contributed by atoms with Gasteiger partial charge in [-0.25, -0.2) is 9.48 Å². The van der Waals surface area contributed by atoms with Gasteiger partial charge >= 0.3 is 5.97 Å². The lowest BCUT2D eigenvalue weighted by atomic mass is 10.1. The Balaban J connectivity index is 1.53. The maximum absolute atomic E-state index is 12.1. The van der Waals surface area contributed by atoms with Crippen molar-refractivity contribution in [1.29, 1.82) is 0 Å². The molecule has 0 saturated heterocycles. The lowest BCUT2D eigenvalue weighted by Crippen LogP contribution is -2.31. The fourth-order valence-electron chi connectivity index (χ4n) is 2.70. The second kappa shape index (κ2) is 8.31. The highest BCUT2D eigenvalue weighted by Gasteiger charge is 2.13. The number of nitrogens with one attached hydrogen (secondary N) is 1. The van der Waals surface area contributed by atoms with E-state index in [-0.39, 0.29) is 18.6 Å². The van der Waals surface area contributed by atoms with E-state index in [1.54, 1.807) is 35.1 Å². The van der Waals surface area contributed by atoms with Crippen LogP contribution in [-0.4, -0.2) is 28.3 Å². The first-order valence-electron chi connectivity index (χ1n) is 8.67. The van der Waals surface area contributed by atoms with Crippen LogP contribution in [0.5, 0.6) is 0 Å². The maximum Gasteiger partial charge on any atom is 0.338 e. The molecule has 6 heteroatoms. The molecule has 0 fully saturated rings. The number of aromatic nitrogens is 2. The van der Waals surface area contributed by atoms with Crippen molar-refractivity contribution in [2.75, 3.05) is 6.61 Å². The number of ether oxygens (including phenoxy) is 1. The second-order valence-electron chi connectivity index (χ2n) is 6.21. The number of carbonyl (C=O) groups is 2. The molecular formula is C21H21N3O3. The Morgan fingerprint density at radius 3 is 2.41 bits per heavy atom. The zero-order chi connectivity index (χ0) is 19.2. The van der Waals surface area contributed by atoms with Crippen molar-refractivity contribution < 1.29 is 14.3 Å². The quantitative estimate of drug-likeness (QED) is 0.683. The lowest BCUT2D eigenvalue weighted by molar-refractivity contribution is -0.124. The zero-order valence-corrected chi connectivity index (χ0v) is 15.3. The Morgan fingerprint density at radius 2 is 1.78 bits per heavy atom. The fraction of sp³-hybridized carbons (Fsp3) is 0.190. The Hall–Kier alpha value is -3.41. The molecule has 0 unspecified atom stereocenters. The maximum atomic E-state index is 12.1. The smallest absolute Gasteiger partial charge is 0.338 e. The number of amides is 1. The molecule has 0 aliphatic heterocycles. The van der Waals surface area contributed by atoms with E-state index in [0.717, 1.165) is 16.9 Å². The molecule has 27 heavy (non-hydrogen) atoms. The molecule has 3 aromatic rings. The van der Waals surface area contributed by atoms with Gasteiger partial charge in [-0.15, -0.1) is 0 Å². The zero-order valence-electron chi connectivity index (χ0n) is 15.3. The van der Waals surface area contributed by atoms with E-state index < -0.39 is 5.97 Å². The van der Waals surface area contributed by atoms with Gasteiger partial charge in [-0.3, -0.25) is 4.79 Å². The second-order valence-corrected chi connectivity index (χ2v) is 6.21. The number of hydrogen-bond acceptors (Lipinski definition) is 4. The first-order valence-corrected chi connectivity index (χ1v) is 8.67. The molecule has 1 heterocycles. The summed E-state index contributed by atoms with van der Waals surface area (Å²) in [7, 11) is 0. The summed E-state index contributed by atoms with van der Waals surface area (Å²) in [5, 5.41) is 7.03. The number of rotatable bonds is 6. The highest BCUT2D eigenvalue weighted by atomic mass is 16.5. The molecule has 0 bridgehead atoms. The minimum Gasteiger partial charge on any atom is -0.452 e. The minimum absolute atomic E-state index is 0.158. The predicted molar refractivity (Wildman–Crippen MR) is 102 cm³/mol. The first-order chi connectivity index (χ1) is 13.0. The Morgan fingerprint density at radius 1 is 1.07 bits per heavy atom. The number of esters is 1. The summed E-state index contributed by atoms with van der Waals surface area (Å²) in [6, 6.07) is 18.2. The molecule has 3 rings (SSSR count). The molecular weight excluding hydrogens is 342 g/mol. The third-order valence-electron chi connectivity index (χ3n) is 4.19. The van der Waals surface area contributed by atoms with Gasteiger partial charge in [0.15, 0.2) is 6.61 Å². The van der Waals surface area contributed by atoms with Crippen molar-refractivity contribution in [3.05, 3.63) is 83.7 Å². The Labute approximate surface area is 157 Å². The van der Waals surface area contributed by atoms with Crippen LogP contribution < -0.4 is 5.32 Å². The van der Waals surface area contributed by atoms with Crippen LogP contribution in [0, 0.1) is 6.92 Å². The topological polar surface area (TPSA) is 73.2 Å². The summed E-state index contributed by atoms with van der Waals surface area (Å²) in [5.74, 6) is -0.884. The van der Waals surface area contributed by atoms with Crippen molar-refractivity contribution in [3.63, 3.8) is 0 Å². The van der Waals surface area contributed by atoms with Gasteiger partial charge in [-0.2, -0.15) is 5.10 Å². The van der Waals surface area contributed by atoms with Crippen molar-refractivity contribution >= 4 is 11.9 Å². The summed E-state index contributed by atoms with van der Waals surface area (Å²) in [4.78, 5) is 24.2. The summed E-state index contributed by atoms with van der Waals surface area (Å²) in [5.41, 5.74) is 3.21. The molecule has 1 atom stereocenters. The van der Waals surface area contributed by atoms with Crippen LogP contribution in [0.4, 0.5) is 0 Å². The molecule has 6 nitrogen and oxygen atoms in total. The van der Waals surface area contributed by atoms with E-state index in [1.807, 2.05) is 50.2 Å². The molecule has 1 aromatic heterocycles. The van der Waals surface area contributed by atoms with Gasteiger partial charge < -0.3 is 10.1 Å². The average molecular weight is 363 g/mol. The normalized spacial score (nSPS) is 11.6. The van der Waals surface area contributed by atoms with Crippen molar-refractivity contribution in [2.45, 2.75) is 19.9 Å². The first kappa shape index (κ1) is 18.4. The summed E-state index contributed by atoms with van der Waals surface area (Å²) in [6.45, 7) is 3.51. The third-order valence-corrected chi connectivity index (χ3v) is 4.19. The molecule has 0 saturated carbocycles. The number of nitrogens with zero attached hydrogens (tertiary/aromatic N) is 2. The lowest BCUT2D eigenvalue weighted by Gasteiger charge is -2.14. The Kier molecular flexibility index (Phi) is 5.66. The van der Waals surface area contributed by atoms with E-state index in [0.29, 0.717) is 5.56 Å². The van der Waals surface area contributed by atoms with Crippen LogP contribution >= 0.6 is 0 Å². The minimum atomic E-state index is -0.541. The number of benzene rings is 2. The van der Waals surface area contributed by atoms with E-state index in [1.165, 1.54) is 0 Å². The predicted octanol–water partition coefficient (Wildman–Crippen LogP) is 3.21. The van der Waals surface area contributed by atoms with Gasteiger partial charge in [-0.1, -0.05) is 30.3 Å². The van der Waals surface area contributed by atoms with Gasteiger partial charge in [0, 0.05) is 11.9 Å². The van der Waals surface area contributed by atoms with Gasteiger partial charge in [-0.05, 0) is 49.7 Å². The van der Waals surface area contributed by atoms with Gasteiger partial charge in [0.25, 0.3) is 5.91 Å². The third kappa shape index (κ3) is 4.61. The molecule has 0 aliphatic carbocycles. The molecule has 0 aliphatic rings. The van der Waals surface area contributed by atoms with Gasteiger partial charge in [0.2, 0.25) is 0 Å². The molecule has 138 valence electrons. The standard InChI is InChI=1S/C21H21N3O3/c1-15-12-13-22-24(15)19-10-8-18(9-11-19)21(26)27-14-20(25)23-16(2)17-6-4-3-5-7-17/h3-13,16H,14H2,1-2H3,(H,23,25)/t16-/m1/s1. The summed E-state index contributed by atoms with van der Waals surface area (Å²) < 4.78 is 6.88. The summed E-state index contributed by atoms with van der Waals surface area (Å²) >= 11 is 0. The largest absolute Gasteiger partial charge is 0.452 e. The van der Waals surface area contributed by atoms with Gasteiger partial charge in [0.1, 0.15) is 0 Å². The Bertz CT molecular complexity index is 917. The van der Waals surface area contributed by atoms with Crippen LogP contribution in [0.15, 0.2) is 66.9 Å². The van der Waals surface area contributed by atoms with Crippen molar-refractivity contribution in [3.8, 4) is 5.69 Å². The van der Waals surface area contributed by atoms with Gasteiger partial charge in [0.05, 0.1) is 17.3 Å². The monoisotopic (exact) mass is 363 g/mol. The highest BCUT2D eigenvalue weighted by Crippen LogP contribution is 2.13. The van der Waals surface area contributed by atoms with E-state index >= 15 is 0 Å². The molecule has 1 amide bonds. The van der Waals surface area contributed by atoms with E-state index in [9.17, 15) is 9.59 Å². The van der Waals surface area contributed by atoms with Crippen LogP contribution in [-0.2, 0) is 9.53 Å². The fourth-order valence-corrected chi connectivity index (χ4v) is 2.70. The molecule has 0 radical (unpaired) electrons. The van der Waals surface area contributed by atoms with E-state index in [2.05, 4.69) is 10.4 Å². The molecule has 0 spiro atoms. The summed E-state index contributed by atoms with van der Waals surface area (Å²) in [6.07, 6.45) is 1.71. The number of aryl methyl sites for hydroxylation is 1. The van der Waals surface area contributed by atoms with E-state index in [4.69, 9.17) is 4.74 Å². The van der Waals surface area contributed by atoms with Crippen LogP contribution in [0.3, 0.4) is 0 Å². The molecule has 2 aromatic carbocycles. The van der Waals surface area contributed by atoms with Crippen LogP contribution in [0.1, 0.15) is 34.6 Å². The SMILES string of the molecule is Cc1ccnn1-c1ccc(C(=O)OCC(=O)N[C@H](C)c2ccccc2)cc1. The highest BCUT2D eigenvalue weighted by molar-refractivity contribution is 5.91. The average Bonchev–Trinajstić information content (AvgIpc) is 3.13. The van der Waals surface area contributed by atoms with Crippen LogP contribution in [0.2, 0.25) is 0 Å².